The molecule has 5 rings (SSSR count). The lowest BCUT2D eigenvalue weighted by Crippen LogP contribution is -2.48. The van der Waals surface area contributed by atoms with Crippen molar-refractivity contribution in [2.75, 3.05) is 46.4 Å². The Kier molecular flexibility index (Phi) is 9.04. The first kappa shape index (κ1) is 27.5. The maximum atomic E-state index is 13.7. The molecule has 210 valence electrons. The number of likely N-dealkylation sites (tertiary alicyclic amines) is 1. The van der Waals surface area contributed by atoms with E-state index in [2.05, 4.69) is 17.0 Å². The van der Waals surface area contributed by atoms with Crippen molar-refractivity contribution in [2.24, 2.45) is 11.8 Å². The summed E-state index contributed by atoms with van der Waals surface area (Å²) in [7, 11) is 1.66. The van der Waals surface area contributed by atoms with Gasteiger partial charge in [0, 0.05) is 51.3 Å². The standard InChI is InChI=1S/C31H41N3O5/c1-38-28-9-4-6-23(16-28)18-32-19-26-7-2-3-10-29(26)39-15-5-8-25-20-33(31(37)22-32)13-11-24(25)17-30(36)34-14-12-27(35)21-34/h2-4,6-7,9-10,16,24-25,27,35H,5,8,11-15,17-22H2,1H3/t24-,25-,27+/m0/s1. The van der Waals surface area contributed by atoms with Gasteiger partial charge in [0.05, 0.1) is 26.4 Å². The van der Waals surface area contributed by atoms with Crippen molar-refractivity contribution in [3.8, 4) is 11.5 Å². The van der Waals surface area contributed by atoms with Crippen LogP contribution in [0.2, 0.25) is 0 Å². The fraction of sp³-hybridized carbons (Fsp3) is 0.548. The normalized spacial score (nSPS) is 24.7. The Labute approximate surface area is 231 Å². The summed E-state index contributed by atoms with van der Waals surface area (Å²) in [5, 5.41) is 9.87. The average molecular weight is 536 g/mol. The fourth-order valence-electron chi connectivity index (χ4n) is 6.26. The van der Waals surface area contributed by atoms with Crippen molar-refractivity contribution >= 4 is 11.8 Å². The lowest BCUT2D eigenvalue weighted by molar-refractivity contribution is -0.136. The number of rotatable bonds is 5. The molecule has 3 atom stereocenters. The van der Waals surface area contributed by atoms with E-state index >= 15 is 0 Å². The van der Waals surface area contributed by atoms with Crippen LogP contribution in [0, 0.1) is 11.8 Å². The van der Waals surface area contributed by atoms with Crippen molar-refractivity contribution < 1.29 is 24.2 Å². The summed E-state index contributed by atoms with van der Waals surface area (Å²) in [6.07, 6.45) is 3.37. The molecule has 8 heteroatoms. The highest BCUT2D eigenvalue weighted by atomic mass is 16.5. The second kappa shape index (κ2) is 12.8. The molecule has 3 aliphatic rings. The minimum absolute atomic E-state index is 0.132. The number of fused-ring (bicyclic) bond motifs is 3. The first-order valence-electron chi connectivity index (χ1n) is 14.3. The first-order valence-corrected chi connectivity index (χ1v) is 14.3. The summed E-state index contributed by atoms with van der Waals surface area (Å²) in [6.45, 7) is 4.58. The van der Waals surface area contributed by atoms with Crippen LogP contribution in [-0.4, -0.2) is 84.2 Å². The second-order valence-corrected chi connectivity index (χ2v) is 11.2. The lowest BCUT2D eigenvalue weighted by atomic mass is 9.80. The van der Waals surface area contributed by atoms with Crippen molar-refractivity contribution in [3.05, 3.63) is 59.7 Å². The highest BCUT2D eigenvalue weighted by Gasteiger charge is 2.35. The third-order valence-corrected chi connectivity index (χ3v) is 8.44. The predicted molar refractivity (Wildman–Crippen MR) is 148 cm³/mol. The van der Waals surface area contributed by atoms with E-state index in [0.29, 0.717) is 65.3 Å². The van der Waals surface area contributed by atoms with E-state index in [1.54, 1.807) is 12.0 Å². The van der Waals surface area contributed by atoms with Crippen LogP contribution in [0.5, 0.6) is 11.5 Å². The molecule has 0 radical (unpaired) electrons. The molecule has 3 aliphatic heterocycles. The van der Waals surface area contributed by atoms with Crippen LogP contribution in [0.4, 0.5) is 0 Å². The Hall–Kier alpha value is -3.10. The number of nitrogens with zero attached hydrogens (tertiary/aromatic N) is 3. The van der Waals surface area contributed by atoms with E-state index in [4.69, 9.17) is 9.47 Å². The number of ether oxygens (including phenoxy) is 2. The average Bonchev–Trinajstić information content (AvgIpc) is 3.38. The Balaban J connectivity index is 1.33. The van der Waals surface area contributed by atoms with Crippen LogP contribution in [0.15, 0.2) is 48.5 Å². The highest BCUT2D eigenvalue weighted by molar-refractivity contribution is 5.79. The number of para-hydroxylation sites is 1. The number of aliphatic hydroxyl groups is 1. The van der Waals surface area contributed by atoms with Crippen LogP contribution >= 0.6 is 0 Å². The molecule has 0 saturated carbocycles. The van der Waals surface area contributed by atoms with Crippen LogP contribution < -0.4 is 9.47 Å². The number of methoxy groups -OCH3 is 1. The number of hydrogen-bond acceptors (Lipinski definition) is 6. The molecule has 3 heterocycles. The summed E-state index contributed by atoms with van der Waals surface area (Å²) >= 11 is 0. The monoisotopic (exact) mass is 535 g/mol. The van der Waals surface area contributed by atoms with Gasteiger partial charge in [-0.2, -0.15) is 0 Å². The van der Waals surface area contributed by atoms with Gasteiger partial charge >= 0.3 is 0 Å². The van der Waals surface area contributed by atoms with Gasteiger partial charge in [-0.25, -0.2) is 0 Å². The van der Waals surface area contributed by atoms with Crippen LogP contribution in [0.25, 0.3) is 0 Å². The summed E-state index contributed by atoms with van der Waals surface area (Å²) in [6, 6.07) is 16.1. The number of aliphatic hydroxyl groups excluding tert-OH is 1. The maximum Gasteiger partial charge on any atom is 0.236 e. The van der Waals surface area contributed by atoms with Crippen molar-refractivity contribution in [1.82, 2.24) is 14.7 Å². The molecular formula is C31H41N3O5. The van der Waals surface area contributed by atoms with Gasteiger partial charge in [0.15, 0.2) is 0 Å². The van der Waals surface area contributed by atoms with Crippen molar-refractivity contribution in [2.45, 2.75) is 51.3 Å². The van der Waals surface area contributed by atoms with Crippen LogP contribution in [0.1, 0.15) is 43.2 Å². The predicted octanol–water partition coefficient (Wildman–Crippen LogP) is 3.32. The van der Waals surface area contributed by atoms with Gasteiger partial charge in [-0.05, 0) is 61.3 Å². The summed E-state index contributed by atoms with van der Waals surface area (Å²) in [4.78, 5) is 32.7. The van der Waals surface area contributed by atoms with Crippen molar-refractivity contribution in [3.63, 3.8) is 0 Å². The molecule has 0 unspecified atom stereocenters. The lowest BCUT2D eigenvalue weighted by Gasteiger charge is -2.39. The van der Waals surface area contributed by atoms with Gasteiger partial charge in [-0.3, -0.25) is 14.5 Å². The molecule has 0 aromatic heterocycles. The smallest absolute Gasteiger partial charge is 0.236 e. The molecule has 39 heavy (non-hydrogen) atoms. The van der Waals surface area contributed by atoms with E-state index in [9.17, 15) is 14.7 Å². The van der Waals surface area contributed by atoms with E-state index in [0.717, 1.165) is 41.9 Å². The Bertz CT molecular complexity index is 1140. The number of hydrogen-bond donors (Lipinski definition) is 1. The Morgan fingerprint density at radius 3 is 2.74 bits per heavy atom. The zero-order chi connectivity index (χ0) is 27.2. The third-order valence-electron chi connectivity index (χ3n) is 8.44. The van der Waals surface area contributed by atoms with Gasteiger partial charge in [0.25, 0.3) is 0 Å². The molecule has 0 aliphatic carbocycles. The summed E-state index contributed by atoms with van der Waals surface area (Å²) in [5.41, 5.74) is 2.16. The van der Waals surface area contributed by atoms with Crippen LogP contribution in [-0.2, 0) is 22.7 Å². The van der Waals surface area contributed by atoms with Gasteiger partial charge in [0.2, 0.25) is 11.8 Å². The maximum absolute atomic E-state index is 13.7. The number of carbonyl (C=O) groups is 2. The van der Waals surface area contributed by atoms with Crippen molar-refractivity contribution in [1.29, 1.82) is 0 Å². The second-order valence-electron chi connectivity index (χ2n) is 11.2. The van der Waals surface area contributed by atoms with E-state index in [-0.39, 0.29) is 23.7 Å². The number of amides is 2. The van der Waals surface area contributed by atoms with Gasteiger partial charge < -0.3 is 24.4 Å². The van der Waals surface area contributed by atoms with E-state index in [1.165, 1.54) is 0 Å². The zero-order valence-corrected chi connectivity index (χ0v) is 23.0. The molecule has 2 aromatic rings. The molecule has 2 saturated heterocycles. The minimum atomic E-state index is -0.404. The Morgan fingerprint density at radius 1 is 1.05 bits per heavy atom. The molecule has 2 bridgehead atoms. The molecule has 2 fully saturated rings. The summed E-state index contributed by atoms with van der Waals surface area (Å²) in [5.74, 6) is 2.43. The van der Waals surface area contributed by atoms with E-state index < -0.39 is 6.10 Å². The highest BCUT2D eigenvalue weighted by Crippen LogP contribution is 2.32. The number of carbonyl (C=O) groups excluding carboxylic acids is 2. The SMILES string of the molecule is COc1cccc(CN2CC(=O)N3CC[C@@H](CC(=O)N4CC[C@@H](O)C4)[C@@H](CCCOc4ccccc4C2)C3)c1. The molecular weight excluding hydrogens is 494 g/mol. The molecule has 0 spiro atoms. The van der Waals surface area contributed by atoms with E-state index in [1.807, 2.05) is 41.3 Å². The quantitative estimate of drug-likeness (QED) is 0.633. The molecule has 1 N–H and O–H groups in total. The molecule has 8 nitrogen and oxygen atoms in total. The third kappa shape index (κ3) is 7.11. The molecule has 2 amide bonds. The van der Waals surface area contributed by atoms with Crippen LogP contribution in [0.3, 0.4) is 0 Å². The Morgan fingerprint density at radius 2 is 1.92 bits per heavy atom. The van der Waals surface area contributed by atoms with Gasteiger partial charge in [-0.15, -0.1) is 0 Å². The number of β-amino-alcohol motifs (C(OH)–C–C–N with tert-alkyl or cyclic N) is 1. The topological polar surface area (TPSA) is 82.6 Å². The zero-order valence-electron chi connectivity index (χ0n) is 23.0. The molecule has 2 aromatic carbocycles. The van der Waals surface area contributed by atoms with Gasteiger partial charge in [0.1, 0.15) is 11.5 Å². The number of piperidine rings is 1. The summed E-state index contributed by atoms with van der Waals surface area (Å²) < 4.78 is 11.7. The van der Waals surface area contributed by atoms with Gasteiger partial charge in [-0.1, -0.05) is 30.3 Å². The largest absolute Gasteiger partial charge is 0.497 e. The fourth-order valence-corrected chi connectivity index (χ4v) is 6.26. The first-order chi connectivity index (χ1) is 19.0. The minimum Gasteiger partial charge on any atom is -0.497 e. The number of benzene rings is 2.